The number of carbonyl (C=O) groups excluding carboxylic acids is 3. The summed E-state index contributed by atoms with van der Waals surface area (Å²) in [4.78, 5) is 42.8. The minimum Gasteiger partial charge on any atom is -0.491 e. The zero-order valence-electron chi connectivity index (χ0n) is 21.4. The molecule has 1 heterocycles. The fourth-order valence-corrected chi connectivity index (χ4v) is 4.52. The fourth-order valence-electron chi connectivity index (χ4n) is 4.52. The Morgan fingerprint density at radius 3 is 2.44 bits per heavy atom. The first kappa shape index (κ1) is 25.7. The SMILES string of the molecule is CO[C@@H]1CN(C)C(=O)c2cc(NC(=O)c3ccccc3)ccc2OC[C@@H](C)N(C(=O)C2CC2)C[C@H]1C. The molecule has 1 fully saturated rings. The van der Waals surface area contributed by atoms with Crippen LogP contribution in [-0.2, 0) is 9.53 Å². The van der Waals surface area contributed by atoms with E-state index in [2.05, 4.69) is 5.32 Å². The molecule has 8 heteroatoms. The third-order valence-electron chi connectivity index (χ3n) is 6.95. The summed E-state index contributed by atoms with van der Waals surface area (Å²) in [6.07, 6.45) is 1.62. The van der Waals surface area contributed by atoms with Crippen molar-refractivity contribution in [2.24, 2.45) is 11.8 Å². The van der Waals surface area contributed by atoms with Gasteiger partial charge in [-0.3, -0.25) is 14.4 Å². The average Bonchev–Trinajstić information content (AvgIpc) is 3.74. The lowest BCUT2D eigenvalue weighted by molar-refractivity contribution is -0.136. The van der Waals surface area contributed by atoms with Crippen molar-refractivity contribution < 1.29 is 23.9 Å². The van der Waals surface area contributed by atoms with Crippen molar-refractivity contribution in [2.45, 2.75) is 38.8 Å². The van der Waals surface area contributed by atoms with Crippen LogP contribution in [-0.4, -0.2) is 73.5 Å². The van der Waals surface area contributed by atoms with Crippen LogP contribution in [0.15, 0.2) is 48.5 Å². The van der Waals surface area contributed by atoms with Crippen LogP contribution in [0.5, 0.6) is 5.75 Å². The summed E-state index contributed by atoms with van der Waals surface area (Å²) >= 11 is 0. The number of fused-ring (bicyclic) bond motifs is 1. The molecule has 1 aliphatic carbocycles. The number of nitrogens with one attached hydrogen (secondary N) is 1. The van der Waals surface area contributed by atoms with Crippen LogP contribution in [0.2, 0.25) is 0 Å². The Hall–Kier alpha value is -3.39. The molecule has 2 aromatic rings. The Kier molecular flexibility index (Phi) is 7.94. The molecule has 3 atom stereocenters. The van der Waals surface area contributed by atoms with Crippen molar-refractivity contribution in [2.75, 3.05) is 39.2 Å². The summed E-state index contributed by atoms with van der Waals surface area (Å²) in [5.41, 5.74) is 1.37. The molecular weight excluding hydrogens is 458 g/mol. The van der Waals surface area contributed by atoms with Crippen molar-refractivity contribution in [1.82, 2.24) is 9.80 Å². The number of nitrogens with zero attached hydrogens (tertiary/aromatic N) is 2. The van der Waals surface area contributed by atoms with Crippen LogP contribution in [0, 0.1) is 11.8 Å². The van der Waals surface area contributed by atoms with E-state index in [1.54, 1.807) is 61.5 Å². The number of hydrogen-bond donors (Lipinski definition) is 1. The smallest absolute Gasteiger partial charge is 0.257 e. The summed E-state index contributed by atoms with van der Waals surface area (Å²) in [7, 11) is 3.36. The van der Waals surface area contributed by atoms with Gasteiger partial charge < -0.3 is 24.6 Å². The number of benzene rings is 2. The molecule has 0 bridgehead atoms. The van der Waals surface area contributed by atoms with Gasteiger partial charge in [0.2, 0.25) is 5.91 Å². The van der Waals surface area contributed by atoms with E-state index in [-0.39, 0.29) is 48.3 Å². The maximum Gasteiger partial charge on any atom is 0.257 e. The topological polar surface area (TPSA) is 88.2 Å². The normalized spacial score (nSPS) is 23.1. The van der Waals surface area contributed by atoms with E-state index in [0.29, 0.717) is 35.7 Å². The Balaban J connectivity index is 1.63. The number of methoxy groups -OCH3 is 1. The van der Waals surface area contributed by atoms with Crippen molar-refractivity contribution in [3.63, 3.8) is 0 Å². The Labute approximate surface area is 212 Å². The lowest BCUT2D eigenvalue weighted by Gasteiger charge is -2.36. The molecule has 36 heavy (non-hydrogen) atoms. The number of ether oxygens (including phenoxy) is 2. The highest BCUT2D eigenvalue weighted by Gasteiger charge is 2.37. The molecule has 1 saturated carbocycles. The fraction of sp³-hybridized carbons (Fsp3) is 0.464. The first-order valence-electron chi connectivity index (χ1n) is 12.5. The maximum absolute atomic E-state index is 13.5. The number of amides is 3. The molecule has 4 rings (SSSR count). The Morgan fingerprint density at radius 1 is 1.06 bits per heavy atom. The van der Waals surface area contributed by atoms with E-state index < -0.39 is 0 Å². The predicted molar refractivity (Wildman–Crippen MR) is 137 cm³/mol. The van der Waals surface area contributed by atoms with E-state index in [4.69, 9.17) is 9.47 Å². The molecule has 0 spiro atoms. The first-order chi connectivity index (χ1) is 17.3. The van der Waals surface area contributed by atoms with Gasteiger partial charge in [0.05, 0.1) is 17.7 Å². The van der Waals surface area contributed by atoms with Gasteiger partial charge in [0.1, 0.15) is 12.4 Å². The van der Waals surface area contributed by atoms with Crippen LogP contribution >= 0.6 is 0 Å². The number of hydrogen-bond acceptors (Lipinski definition) is 5. The minimum atomic E-state index is -0.262. The van der Waals surface area contributed by atoms with Crippen molar-refractivity contribution in [3.05, 3.63) is 59.7 Å². The number of carbonyl (C=O) groups is 3. The van der Waals surface area contributed by atoms with Crippen LogP contribution < -0.4 is 10.1 Å². The highest BCUT2D eigenvalue weighted by atomic mass is 16.5. The number of likely N-dealkylation sites (N-methyl/N-ethyl adjacent to an activating group) is 1. The molecule has 0 saturated heterocycles. The van der Waals surface area contributed by atoms with E-state index >= 15 is 0 Å². The maximum atomic E-state index is 13.5. The lowest BCUT2D eigenvalue weighted by Crippen LogP contribution is -2.49. The summed E-state index contributed by atoms with van der Waals surface area (Å²) < 4.78 is 11.9. The van der Waals surface area contributed by atoms with E-state index in [0.717, 1.165) is 12.8 Å². The van der Waals surface area contributed by atoms with Gasteiger partial charge in [-0.05, 0) is 50.1 Å². The second-order valence-corrected chi connectivity index (χ2v) is 9.89. The average molecular weight is 494 g/mol. The monoisotopic (exact) mass is 493 g/mol. The highest BCUT2D eigenvalue weighted by Crippen LogP contribution is 2.33. The molecule has 0 aromatic heterocycles. The first-order valence-corrected chi connectivity index (χ1v) is 12.5. The third kappa shape index (κ3) is 5.87. The lowest BCUT2D eigenvalue weighted by atomic mass is 10.0. The molecule has 8 nitrogen and oxygen atoms in total. The van der Waals surface area contributed by atoms with Crippen molar-refractivity contribution in [1.29, 1.82) is 0 Å². The Morgan fingerprint density at radius 2 is 1.78 bits per heavy atom. The summed E-state index contributed by atoms with van der Waals surface area (Å²) in [5, 5.41) is 2.86. The molecule has 192 valence electrons. The molecule has 1 aliphatic heterocycles. The molecule has 1 N–H and O–H groups in total. The molecule has 3 amide bonds. The van der Waals surface area contributed by atoms with Crippen molar-refractivity contribution in [3.8, 4) is 5.75 Å². The second-order valence-electron chi connectivity index (χ2n) is 9.89. The molecular formula is C28H35N3O5. The van der Waals surface area contributed by atoms with Crippen LogP contribution in [0.3, 0.4) is 0 Å². The summed E-state index contributed by atoms with van der Waals surface area (Å²) in [5.74, 6) is 0.203. The Bertz CT molecular complexity index is 1100. The van der Waals surface area contributed by atoms with Gasteiger partial charge in [0.25, 0.3) is 11.8 Å². The van der Waals surface area contributed by atoms with Crippen LogP contribution in [0.1, 0.15) is 47.4 Å². The van der Waals surface area contributed by atoms with Gasteiger partial charge in [-0.25, -0.2) is 0 Å². The van der Waals surface area contributed by atoms with Gasteiger partial charge in [0.15, 0.2) is 0 Å². The highest BCUT2D eigenvalue weighted by molar-refractivity contribution is 6.05. The number of anilines is 1. The van der Waals surface area contributed by atoms with Crippen LogP contribution in [0.25, 0.3) is 0 Å². The summed E-state index contributed by atoms with van der Waals surface area (Å²) in [6, 6.07) is 13.8. The third-order valence-corrected chi connectivity index (χ3v) is 6.95. The van der Waals surface area contributed by atoms with E-state index in [9.17, 15) is 14.4 Å². The second kappa shape index (κ2) is 11.1. The van der Waals surface area contributed by atoms with Crippen molar-refractivity contribution >= 4 is 23.4 Å². The van der Waals surface area contributed by atoms with E-state index in [1.165, 1.54) is 0 Å². The molecule has 2 aliphatic rings. The van der Waals surface area contributed by atoms with Gasteiger partial charge in [0, 0.05) is 50.3 Å². The van der Waals surface area contributed by atoms with Gasteiger partial charge in [-0.2, -0.15) is 0 Å². The largest absolute Gasteiger partial charge is 0.491 e. The van der Waals surface area contributed by atoms with Gasteiger partial charge in [-0.15, -0.1) is 0 Å². The van der Waals surface area contributed by atoms with Gasteiger partial charge >= 0.3 is 0 Å². The standard InChI is InChI=1S/C28H35N3O5/c1-18-15-31(27(33)21-10-11-21)19(2)17-36-24-13-12-22(29-26(32)20-8-6-5-7-9-20)14-23(24)28(34)30(3)16-25(18)35-4/h5-9,12-14,18-19,21,25H,10-11,15-17H2,1-4H3,(H,29,32)/t18-,19-,25-/m1/s1. The minimum absolute atomic E-state index is 0.0193. The van der Waals surface area contributed by atoms with E-state index in [1.807, 2.05) is 24.8 Å². The quantitative estimate of drug-likeness (QED) is 0.702. The number of rotatable bonds is 4. The zero-order valence-corrected chi connectivity index (χ0v) is 21.4. The zero-order chi connectivity index (χ0) is 25.8. The molecule has 0 radical (unpaired) electrons. The summed E-state index contributed by atoms with van der Waals surface area (Å²) in [6.45, 7) is 5.17. The van der Waals surface area contributed by atoms with Gasteiger partial charge in [-0.1, -0.05) is 25.1 Å². The molecule has 0 unspecified atom stereocenters. The van der Waals surface area contributed by atoms with Crippen LogP contribution in [0.4, 0.5) is 5.69 Å². The predicted octanol–water partition coefficient (Wildman–Crippen LogP) is 3.68. The molecule has 2 aromatic carbocycles.